The molecular weight excluding hydrogens is 330 g/mol. The van der Waals surface area contributed by atoms with E-state index in [1.807, 2.05) is 48.6 Å². The zero-order chi connectivity index (χ0) is 15.6. The lowest BCUT2D eigenvalue weighted by Gasteiger charge is -1.94. The van der Waals surface area contributed by atoms with E-state index in [4.69, 9.17) is 11.6 Å². The molecule has 0 amide bonds. The summed E-state index contributed by atoms with van der Waals surface area (Å²) in [5.74, 6) is 0.690. The fourth-order valence-electron chi connectivity index (χ4n) is 2.12. The summed E-state index contributed by atoms with van der Waals surface area (Å²) in [7, 11) is 0. The second kappa shape index (κ2) is 5.91. The largest absolute Gasteiger partial charge is 0.264 e. The predicted molar refractivity (Wildman–Crippen MR) is 92.3 cm³/mol. The molecule has 7 heteroatoms. The van der Waals surface area contributed by atoms with Crippen molar-refractivity contribution in [3.05, 3.63) is 64.4 Å². The normalized spacial score (nSPS) is 11.5. The first kappa shape index (κ1) is 14.0. The minimum absolute atomic E-state index is 0.690. The summed E-state index contributed by atoms with van der Waals surface area (Å²) >= 11 is 7.37. The van der Waals surface area contributed by atoms with Crippen molar-refractivity contribution < 1.29 is 0 Å². The Morgan fingerprint density at radius 2 is 1.91 bits per heavy atom. The highest BCUT2D eigenvalue weighted by atomic mass is 35.5. The van der Waals surface area contributed by atoms with Gasteiger partial charge in [-0.3, -0.25) is 4.98 Å². The third-order valence-electron chi connectivity index (χ3n) is 3.21. The molecule has 5 nitrogen and oxygen atoms in total. The molecule has 0 N–H and O–H groups in total. The molecule has 0 spiro atoms. The maximum Gasteiger partial charge on any atom is 0.235 e. The molecule has 0 unspecified atom stereocenters. The lowest BCUT2D eigenvalue weighted by atomic mass is 10.2. The molecule has 1 aromatic carbocycles. The summed E-state index contributed by atoms with van der Waals surface area (Å²) in [5.41, 5.74) is 1.95. The SMILES string of the molecule is Clc1ccc(/C=C/c2nn3c(-c4cccnc4)nnc3s2)cc1. The van der Waals surface area contributed by atoms with Crippen molar-refractivity contribution in [3.63, 3.8) is 0 Å². The topological polar surface area (TPSA) is 56.0 Å². The molecule has 4 aromatic rings. The van der Waals surface area contributed by atoms with Gasteiger partial charge in [-0.15, -0.1) is 10.2 Å². The van der Waals surface area contributed by atoms with Crippen LogP contribution in [0.4, 0.5) is 0 Å². The van der Waals surface area contributed by atoms with Crippen LogP contribution in [0.3, 0.4) is 0 Å². The average Bonchev–Trinajstić information content (AvgIpc) is 3.15. The molecule has 0 fully saturated rings. The number of hydrogen-bond acceptors (Lipinski definition) is 5. The third kappa shape index (κ3) is 2.86. The van der Waals surface area contributed by atoms with Gasteiger partial charge < -0.3 is 0 Å². The van der Waals surface area contributed by atoms with Crippen molar-refractivity contribution in [2.24, 2.45) is 0 Å². The van der Waals surface area contributed by atoms with Gasteiger partial charge in [-0.2, -0.15) is 9.61 Å². The van der Waals surface area contributed by atoms with Gasteiger partial charge in [0.15, 0.2) is 5.82 Å². The lowest BCUT2D eigenvalue weighted by Crippen LogP contribution is -1.90. The van der Waals surface area contributed by atoms with Gasteiger partial charge in [0.25, 0.3) is 0 Å². The second-order valence-corrected chi connectivity index (χ2v) is 6.21. The number of rotatable bonds is 3. The zero-order valence-corrected chi connectivity index (χ0v) is 13.4. The monoisotopic (exact) mass is 339 g/mol. The van der Waals surface area contributed by atoms with E-state index < -0.39 is 0 Å². The molecule has 3 aromatic heterocycles. The number of halogens is 1. The number of benzene rings is 1. The maximum atomic E-state index is 5.89. The summed E-state index contributed by atoms with van der Waals surface area (Å²) < 4.78 is 1.74. The predicted octanol–water partition coefficient (Wildman–Crippen LogP) is 4.07. The average molecular weight is 340 g/mol. The van der Waals surface area contributed by atoms with Gasteiger partial charge in [0.2, 0.25) is 4.96 Å². The van der Waals surface area contributed by atoms with Gasteiger partial charge in [-0.25, -0.2) is 0 Å². The fourth-order valence-corrected chi connectivity index (χ4v) is 2.98. The van der Waals surface area contributed by atoms with Crippen molar-refractivity contribution in [2.75, 3.05) is 0 Å². The zero-order valence-electron chi connectivity index (χ0n) is 11.8. The number of fused-ring (bicyclic) bond motifs is 1. The summed E-state index contributed by atoms with van der Waals surface area (Å²) in [4.78, 5) is 4.86. The van der Waals surface area contributed by atoms with Crippen molar-refractivity contribution >= 4 is 40.1 Å². The quantitative estimate of drug-likeness (QED) is 0.564. The molecule has 0 atom stereocenters. The van der Waals surface area contributed by atoms with Crippen molar-refractivity contribution in [1.29, 1.82) is 0 Å². The minimum atomic E-state index is 0.690. The van der Waals surface area contributed by atoms with Crippen LogP contribution >= 0.6 is 22.9 Å². The van der Waals surface area contributed by atoms with Gasteiger partial charge in [0, 0.05) is 23.0 Å². The summed E-state index contributed by atoms with van der Waals surface area (Å²) in [6, 6.07) is 11.4. The van der Waals surface area contributed by atoms with E-state index in [0.29, 0.717) is 5.82 Å². The third-order valence-corrected chi connectivity index (χ3v) is 4.33. The molecule has 0 saturated carbocycles. The van der Waals surface area contributed by atoms with E-state index in [2.05, 4.69) is 20.3 Å². The summed E-state index contributed by atoms with van der Waals surface area (Å²) in [5, 5.41) is 14.5. The molecule has 0 aliphatic heterocycles. The molecule has 112 valence electrons. The smallest absolute Gasteiger partial charge is 0.235 e. The Balaban J connectivity index is 1.67. The Hall–Kier alpha value is -2.57. The van der Waals surface area contributed by atoms with Crippen LogP contribution in [-0.4, -0.2) is 24.8 Å². The molecule has 0 saturated heterocycles. The molecule has 23 heavy (non-hydrogen) atoms. The van der Waals surface area contributed by atoms with Crippen molar-refractivity contribution in [2.45, 2.75) is 0 Å². The Labute approximate surface area is 140 Å². The van der Waals surface area contributed by atoms with Gasteiger partial charge in [0.1, 0.15) is 5.01 Å². The molecule has 0 bridgehead atoms. The van der Waals surface area contributed by atoms with Crippen LogP contribution in [0.25, 0.3) is 28.5 Å². The maximum absolute atomic E-state index is 5.89. The Bertz CT molecular complexity index is 973. The van der Waals surface area contributed by atoms with Crippen LogP contribution < -0.4 is 0 Å². The van der Waals surface area contributed by atoms with Gasteiger partial charge in [-0.1, -0.05) is 41.1 Å². The van der Waals surface area contributed by atoms with Crippen LogP contribution in [0.2, 0.25) is 5.02 Å². The van der Waals surface area contributed by atoms with E-state index in [0.717, 1.165) is 26.1 Å². The highest BCUT2D eigenvalue weighted by Gasteiger charge is 2.12. The van der Waals surface area contributed by atoms with E-state index in [9.17, 15) is 0 Å². The van der Waals surface area contributed by atoms with Crippen molar-refractivity contribution in [3.8, 4) is 11.4 Å². The van der Waals surface area contributed by atoms with Crippen LogP contribution in [-0.2, 0) is 0 Å². The molecule has 0 aliphatic carbocycles. The van der Waals surface area contributed by atoms with E-state index in [1.165, 1.54) is 11.3 Å². The lowest BCUT2D eigenvalue weighted by molar-refractivity contribution is 0.958. The van der Waals surface area contributed by atoms with Crippen LogP contribution in [0.5, 0.6) is 0 Å². The number of hydrogen-bond donors (Lipinski definition) is 0. The first-order chi connectivity index (χ1) is 11.3. The Kier molecular flexibility index (Phi) is 3.61. The van der Waals surface area contributed by atoms with Gasteiger partial charge in [0.05, 0.1) is 0 Å². The Morgan fingerprint density at radius 3 is 2.70 bits per heavy atom. The highest BCUT2D eigenvalue weighted by molar-refractivity contribution is 7.17. The first-order valence-electron chi connectivity index (χ1n) is 6.86. The van der Waals surface area contributed by atoms with E-state index >= 15 is 0 Å². The number of pyridine rings is 1. The molecule has 0 radical (unpaired) electrons. The summed E-state index contributed by atoms with van der Waals surface area (Å²) in [6.07, 6.45) is 7.42. The van der Waals surface area contributed by atoms with Gasteiger partial charge in [-0.05, 0) is 35.9 Å². The highest BCUT2D eigenvalue weighted by Crippen LogP contribution is 2.22. The Morgan fingerprint density at radius 1 is 1.04 bits per heavy atom. The number of aromatic nitrogens is 5. The molecule has 0 aliphatic rings. The molecule has 3 heterocycles. The first-order valence-corrected chi connectivity index (χ1v) is 8.05. The second-order valence-electron chi connectivity index (χ2n) is 4.78. The standard InChI is InChI=1S/C16H10ClN5S/c17-13-6-3-11(4-7-13)5-8-14-21-22-15(19-20-16(22)23-14)12-2-1-9-18-10-12/h1-10H/b8-5+. The van der Waals surface area contributed by atoms with Crippen LogP contribution in [0, 0.1) is 0 Å². The van der Waals surface area contributed by atoms with Gasteiger partial charge >= 0.3 is 0 Å². The van der Waals surface area contributed by atoms with Crippen LogP contribution in [0.15, 0.2) is 48.8 Å². The van der Waals surface area contributed by atoms with E-state index in [-0.39, 0.29) is 0 Å². The minimum Gasteiger partial charge on any atom is -0.264 e. The number of nitrogens with zero attached hydrogens (tertiary/aromatic N) is 5. The fraction of sp³-hybridized carbons (Fsp3) is 0. The van der Waals surface area contributed by atoms with Crippen LogP contribution in [0.1, 0.15) is 10.6 Å². The van der Waals surface area contributed by atoms with Crippen molar-refractivity contribution in [1.82, 2.24) is 24.8 Å². The molecule has 4 rings (SSSR count). The summed E-state index contributed by atoms with van der Waals surface area (Å²) in [6.45, 7) is 0. The van der Waals surface area contributed by atoms with E-state index in [1.54, 1.807) is 16.9 Å². The molecular formula is C16H10ClN5S.